The Morgan fingerprint density at radius 3 is 2.60 bits per heavy atom. The highest BCUT2D eigenvalue weighted by Crippen LogP contribution is 2.27. The van der Waals surface area contributed by atoms with E-state index in [1.165, 1.54) is 0 Å². The molecule has 2 aromatic carbocycles. The minimum atomic E-state index is -1.32. The second-order valence-corrected chi connectivity index (χ2v) is 6.21. The number of aliphatic hydroxyl groups is 1. The molecule has 0 fully saturated rings. The first-order valence-electron chi connectivity index (χ1n) is 8.16. The van der Waals surface area contributed by atoms with Crippen molar-refractivity contribution in [2.24, 2.45) is 0 Å². The normalized spacial score (nSPS) is 14.7. The summed E-state index contributed by atoms with van der Waals surface area (Å²) in [5, 5.41) is 14.3. The van der Waals surface area contributed by atoms with Gasteiger partial charge in [-0.1, -0.05) is 36.4 Å². The van der Waals surface area contributed by atoms with Gasteiger partial charge in [0.2, 0.25) is 0 Å². The Kier molecular flexibility index (Phi) is 4.76. The quantitative estimate of drug-likeness (QED) is 0.723. The Labute approximate surface area is 146 Å². The molecule has 130 valence electrons. The van der Waals surface area contributed by atoms with Gasteiger partial charge in [-0.15, -0.1) is 0 Å². The summed E-state index contributed by atoms with van der Waals surface area (Å²) in [5.41, 5.74) is -0.619. The summed E-state index contributed by atoms with van der Waals surface area (Å²) < 4.78 is 11.3. The third-order valence-corrected chi connectivity index (χ3v) is 3.99. The van der Waals surface area contributed by atoms with Crippen LogP contribution in [-0.4, -0.2) is 23.7 Å². The fourth-order valence-corrected chi connectivity index (χ4v) is 2.49. The SMILES string of the molecule is CC(Oc1ccccc1)C(=O)NCC(C)(O)c1cc2ccccc2o1. The zero-order chi connectivity index (χ0) is 17.9. The van der Waals surface area contributed by atoms with Gasteiger partial charge in [0.25, 0.3) is 5.91 Å². The molecule has 0 aliphatic rings. The zero-order valence-electron chi connectivity index (χ0n) is 14.2. The maximum atomic E-state index is 12.2. The van der Waals surface area contributed by atoms with E-state index in [0.29, 0.717) is 17.1 Å². The van der Waals surface area contributed by atoms with E-state index in [2.05, 4.69) is 5.32 Å². The number of carbonyl (C=O) groups excluding carboxylic acids is 1. The van der Waals surface area contributed by atoms with Crippen LogP contribution in [0.25, 0.3) is 11.0 Å². The van der Waals surface area contributed by atoms with E-state index in [1.807, 2.05) is 42.5 Å². The van der Waals surface area contributed by atoms with E-state index >= 15 is 0 Å². The van der Waals surface area contributed by atoms with Gasteiger partial charge in [0, 0.05) is 5.39 Å². The lowest BCUT2D eigenvalue weighted by Crippen LogP contribution is -2.43. The van der Waals surface area contributed by atoms with Crippen LogP contribution in [-0.2, 0) is 10.4 Å². The zero-order valence-corrected chi connectivity index (χ0v) is 14.2. The summed E-state index contributed by atoms with van der Waals surface area (Å²) >= 11 is 0. The summed E-state index contributed by atoms with van der Waals surface area (Å²) in [5.74, 6) is 0.722. The summed E-state index contributed by atoms with van der Waals surface area (Å²) in [6.45, 7) is 3.29. The molecule has 3 aromatic rings. The van der Waals surface area contributed by atoms with Gasteiger partial charge in [-0.3, -0.25) is 4.79 Å². The van der Waals surface area contributed by atoms with Gasteiger partial charge >= 0.3 is 0 Å². The maximum Gasteiger partial charge on any atom is 0.260 e. The van der Waals surface area contributed by atoms with Crippen LogP contribution < -0.4 is 10.1 Å². The van der Waals surface area contributed by atoms with Crippen molar-refractivity contribution in [1.82, 2.24) is 5.32 Å². The van der Waals surface area contributed by atoms with Gasteiger partial charge in [0.15, 0.2) is 6.10 Å². The average Bonchev–Trinajstić information content (AvgIpc) is 3.06. The number of furan rings is 1. The molecular weight excluding hydrogens is 318 g/mol. The molecule has 0 aliphatic heterocycles. The molecule has 0 aliphatic carbocycles. The molecule has 0 saturated heterocycles. The van der Waals surface area contributed by atoms with Gasteiger partial charge in [0.1, 0.15) is 22.7 Å². The van der Waals surface area contributed by atoms with Crippen molar-refractivity contribution in [3.8, 4) is 5.75 Å². The van der Waals surface area contributed by atoms with Crippen LogP contribution in [0.5, 0.6) is 5.75 Å². The number of ether oxygens (including phenoxy) is 1. The molecule has 2 N–H and O–H groups in total. The van der Waals surface area contributed by atoms with E-state index in [9.17, 15) is 9.90 Å². The third-order valence-electron chi connectivity index (χ3n) is 3.99. The Bertz CT molecular complexity index is 821. The molecule has 5 heteroatoms. The smallest absolute Gasteiger partial charge is 0.260 e. The fraction of sp³-hybridized carbons (Fsp3) is 0.250. The predicted molar refractivity (Wildman–Crippen MR) is 95.3 cm³/mol. The number of benzene rings is 2. The molecule has 2 atom stereocenters. The van der Waals surface area contributed by atoms with E-state index in [0.717, 1.165) is 5.39 Å². The third kappa shape index (κ3) is 4.00. The van der Waals surface area contributed by atoms with Gasteiger partial charge in [0.05, 0.1) is 6.54 Å². The van der Waals surface area contributed by atoms with E-state index in [-0.39, 0.29) is 12.5 Å². The number of fused-ring (bicyclic) bond motifs is 1. The molecule has 0 saturated carbocycles. The van der Waals surface area contributed by atoms with Crippen LogP contribution in [0.1, 0.15) is 19.6 Å². The second kappa shape index (κ2) is 6.99. The number of amides is 1. The number of nitrogens with one attached hydrogen (secondary N) is 1. The lowest BCUT2D eigenvalue weighted by molar-refractivity contribution is -0.128. The monoisotopic (exact) mass is 339 g/mol. The van der Waals surface area contributed by atoms with Crippen molar-refractivity contribution in [2.45, 2.75) is 25.6 Å². The Morgan fingerprint density at radius 2 is 1.88 bits per heavy atom. The summed E-state index contributed by atoms with van der Waals surface area (Å²) in [7, 11) is 0. The van der Waals surface area contributed by atoms with Crippen molar-refractivity contribution in [3.05, 3.63) is 66.4 Å². The van der Waals surface area contributed by atoms with Crippen molar-refractivity contribution in [3.63, 3.8) is 0 Å². The molecule has 1 aromatic heterocycles. The summed E-state index contributed by atoms with van der Waals surface area (Å²) in [6.07, 6.45) is -0.672. The van der Waals surface area contributed by atoms with Crippen LogP contribution in [0.3, 0.4) is 0 Å². The largest absolute Gasteiger partial charge is 0.481 e. The average molecular weight is 339 g/mol. The van der Waals surface area contributed by atoms with Crippen LogP contribution in [0.4, 0.5) is 0 Å². The lowest BCUT2D eigenvalue weighted by Gasteiger charge is -2.22. The van der Waals surface area contributed by atoms with E-state index in [1.54, 1.807) is 32.0 Å². The predicted octanol–water partition coefficient (Wildman–Crippen LogP) is 3.22. The van der Waals surface area contributed by atoms with Crippen LogP contribution in [0, 0.1) is 0 Å². The number of hydrogen-bond donors (Lipinski definition) is 2. The summed E-state index contributed by atoms with van der Waals surface area (Å²) in [6, 6.07) is 18.4. The highest BCUT2D eigenvalue weighted by atomic mass is 16.5. The van der Waals surface area contributed by atoms with Crippen LogP contribution in [0.2, 0.25) is 0 Å². The van der Waals surface area contributed by atoms with Crippen molar-refractivity contribution >= 4 is 16.9 Å². The number of hydrogen-bond acceptors (Lipinski definition) is 4. The minimum absolute atomic E-state index is 0.0220. The first kappa shape index (κ1) is 17.0. The molecule has 5 nitrogen and oxygen atoms in total. The molecule has 1 amide bonds. The van der Waals surface area contributed by atoms with Crippen molar-refractivity contribution < 1.29 is 19.1 Å². The summed E-state index contributed by atoms with van der Waals surface area (Å²) in [4.78, 5) is 12.2. The van der Waals surface area contributed by atoms with Gasteiger partial charge in [-0.05, 0) is 38.1 Å². The van der Waals surface area contributed by atoms with Crippen LogP contribution in [0.15, 0.2) is 65.1 Å². The van der Waals surface area contributed by atoms with Crippen molar-refractivity contribution in [1.29, 1.82) is 0 Å². The van der Waals surface area contributed by atoms with Gasteiger partial charge in [-0.2, -0.15) is 0 Å². The molecule has 25 heavy (non-hydrogen) atoms. The number of para-hydroxylation sites is 2. The van der Waals surface area contributed by atoms with Gasteiger partial charge in [-0.25, -0.2) is 0 Å². The standard InChI is InChI=1S/C20H21NO4/c1-14(24-16-9-4-3-5-10-16)19(22)21-13-20(2,23)18-12-15-8-6-7-11-17(15)25-18/h3-12,14,23H,13H2,1-2H3,(H,21,22). The molecule has 1 heterocycles. The molecular formula is C20H21NO4. The molecule has 0 radical (unpaired) electrons. The fourth-order valence-electron chi connectivity index (χ4n) is 2.49. The van der Waals surface area contributed by atoms with Crippen molar-refractivity contribution in [2.75, 3.05) is 6.54 Å². The minimum Gasteiger partial charge on any atom is -0.481 e. The maximum absolute atomic E-state index is 12.2. The highest BCUT2D eigenvalue weighted by Gasteiger charge is 2.29. The molecule has 0 bridgehead atoms. The Hall–Kier alpha value is -2.79. The van der Waals surface area contributed by atoms with E-state index in [4.69, 9.17) is 9.15 Å². The first-order valence-corrected chi connectivity index (χ1v) is 8.16. The lowest BCUT2D eigenvalue weighted by atomic mass is 10.0. The molecule has 3 rings (SSSR count). The Morgan fingerprint density at radius 1 is 1.20 bits per heavy atom. The molecule has 0 spiro atoms. The Balaban J connectivity index is 1.62. The topological polar surface area (TPSA) is 71.7 Å². The number of carbonyl (C=O) groups is 1. The highest BCUT2D eigenvalue weighted by molar-refractivity contribution is 5.81. The van der Waals surface area contributed by atoms with Gasteiger partial charge < -0.3 is 19.6 Å². The second-order valence-electron chi connectivity index (χ2n) is 6.21. The first-order chi connectivity index (χ1) is 12.0. The van der Waals surface area contributed by atoms with E-state index < -0.39 is 11.7 Å². The number of rotatable bonds is 6. The van der Waals surface area contributed by atoms with Crippen LogP contribution >= 0.6 is 0 Å². The molecule has 2 unspecified atom stereocenters.